The summed E-state index contributed by atoms with van der Waals surface area (Å²) in [6.07, 6.45) is 0.682. The second-order valence-corrected chi connectivity index (χ2v) is 5.44. The molecule has 6 nitrogen and oxygen atoms in total. The molecule has 0 saturated heterocycles. The van der Waals surface area contributed by atoms with Crippen LogP contribution in [-0.4, -0.2) is 31.7 Å². The third-order valence-electron chi connectivity index (χ3n) is 3.07. The molecule has 1 aromatic carbocycles. The van der Waals surface area contributed by atoms with Gasteiger partial charge < -0.3 is 20.5 Å². The molecule has 0 aliphatic heterocycles. The van der Waals surface area contributed by atoms with Crippen molar-refractivity contribution in [3.8, 4) is 11.5 Å². The van der Waals surface area contributed by atoms with Crippen molar-refractivity contribution in [3.05, 3.63) is 39.8 Å². The average Bonchev–Trinajstić information content (AvgIpc) is 3.01. The Labute approximate surface area is 133 Å². The van der Waals surface area contributed by atoms with Crippen LogP contribution < -0.4 is 20.5 Å². The Morgan fingerprint density at radius 2 is 2.18 bits per heavy atom. The van der Waals surface area contributed by atoms with Crippen molar-refractivity contribution in [2.45, 2.75) is 13.0 Å². The largest absolute Gasteiger partial charge is 0.493 e. The highest BCUT2D eigenvalue weighted by molar-refractivity contribution is 7.09. The molecule has 2 aromatic rings. The van der Waals surface area contributed by atoms with E-state index in [1.807, 2.05) is 18.2 Å². The number of carbonyl (C=O) groups is 1. The monoisotopic (exact) mass is 321 g/mol. The van der Waals surface area contributed by atoms with Crippen LogP contribution in [0.3, 0.4) is 0 Å². The number of thiazole rings is 1. The van der Waals surface area contributed by atoms with Crippen LogP contribution in [0, 0.1) is 0 Å². The van der Waals surface area contributed by atoms with Gasteiger partial charge in [-0.3, -0.25) is 4.79 Å². The van der Waals surface area contributed by atoms with Gasteiger partial charge in [0.1, 0.15) is 5.69 Å². The Balaban J connectivity index is 2.04. The maximum atomic E-state index is 12.1. The molecular formula is C15H19N3O3S. The molecule has 0 aliphatic carbocycles. The first kappa shape index (κ1) is 16.3. The molecule has 7 heteroatoms. The third-order valence-corrected chi connectivity index (χ3v) is 3.98. The van der Waals surface area contributed by atoms with Gasteiger partial charge in [-0.05, 0) is 12.6 Å². The van der Waals surface area contributed by atoms with E-state index in [9.17, 15) is 4.79 Å². The van der Waals surface area contributed by atoms with E-state index in [-0.39, 0.29) is 5.91 Å². The van der Waals surface area contributed by atoms with E-state index < -0.39 is 0 Å². The van der Waals surface area contributed by atoms with E-state index in [4.69, 9.17) is 15.2 Å². The Kier molecular flexibility index (Phi) is 5.74. The summed E-state index contributed by atoms with van der Waals surface area (Å²) in [7, 11) is 3.15. The zero-order valence-electron chi connectivity index (χ0n) is 12.6. The molecule has 118 valence electrons. The molecule has 0 unspecified atom stereocenters. The predicted molar refractivity (Wildman–Crippen MR) is 85.6 cm³/mol. The quantitative estimate of drug-likeness (QED) is 0.809. The number of para-hydroxylation sites is 1. The van der Waals surface area contributed by atoms with Gasteiger partial charge in [0.05, 0.1) is 19.2 Å². The lowest BCUT2D eigenvalue weighted by Gasteiger charge is -2.12. The van der Waals surface area contributed by atoms with Crippen molar-refractivity contribution in [1.29, 1.82) is 0 Å². The lowest BCUT2D eigenvalue weighted by molar-refractivity contribution is 0.0946. The Bertz CT molecular complexity index is 643. The molecule has 1 amide bonds. The predicted octanol–water partition coefficient (Wildman–Crippen LogP) is 1.59. The van der Waals surface area contributed by atoms with Crippen LogP contribution in [0.15, 0.2) is 23.6 Å². The summed E-state index contributed by atoms with van der Waals surface area (Å²) in [5, 5.41) is 5.44. The highest BCUT2D eigenvalue weighted by Gasteiger charge is 2.13. The molecule has 0 radical (unpaired) electrons. The lowest BCUT2D eigenvalue weighted by atomic mass is 10.2. The summed E-state index contributed by atoms with van der Waals surface area (Å²) in [6, 6.07) is 5.54. The summed E-state index contributed by atoms with van der Waals surface area (Å²) in [5.74, 6) is 1.03. The molecule has 0 spiro atoms. The van der Waals surface area contributed by atoms with Gasteiger partial charge in [0.15, 0.2) is 11.5 Å². The van der Waals surface area contributed by atoms with Crippen molar-refractivity contribution >= 4 is 17.2 Å². The van der Waals surface area contributed by atoms with Gasteiger partial charge in [0, 0.05) is 23.9 Å². The summed E-state index contributed by atoms with van der Waals surface area (Å²) >= 11 is 1.44. The van der Waals surface area contributed by atoms with Crippen molar-refractivity contribution < 1.29 is 14.3 Å². The van der Waals surface area contributed by atoms with Crippen molar-refractivity contribution in [1.82, 2.24) is 10.3 Å². The number of nitrogens with two attached hydrogens (primary N) is 1. The fraction of sp³-hybridized carbons (Fsp3) is 0.333. The fourth-order valence-corrected chi connectivity index (χ4v) is 2.81. The molecule has 0 aliphatic rings. The minimum Gasteiger partial charge on any atom is -0.493 e. The number of hydrogen-bond donors (Lipinski definition) is 2. The van der Waals surface area contributed by atoms with Crippen LogP contribution in [-0.2, 0) is 13.0 Å². The molecular weight excluding hydrogens is 302 g/mol. The van der Waals surface area contributed by atoms with Gasteiger partial charge in [-0.2, -0.15) is 0 Å². The van der Waals surface area contributed by atoms with E-state index in [1.54, 1.807) is 19.6 Å². The van der Waals surface area contributed by atoms with Gasteiger partial charge in [-0.1, -0.05) is 12.1 Å². The number of ether oxygens (including phenoxy) is 2. The van der Waals surface area contributed by atoms with E-state index in [2.05, 4.69) is 10.3 Å². The van der Waals surface area contributed by atoms with Crippen molar-refractivity contribution in [3.63, 3.8) is 0 Å². The second-order valence-electron chi connectivity index (χ2n) is 4.50. The number of nitrogens with zero attached hydrogens (tertiary/aromatic N) is 1. The molecule has 3 N–H and O–H groups in total. The summed E-state index contributed by atoms with van der Waals surface area (Å²) in [5.41, 5.74) is 6.73. The molecule has 0 bridgehead atoms. The van der Waals surface area contributed by atoms with Gasteiger partial charge in [0.25, 0.3) is 5.91 Å². The number of methoxy groups -OCH3 is 2. The van der Waals surface area contributed by atoms with Crippen LogP contribution in [0.1, 0.15) is 21.1 Å². The van der Waals surface area contributed by atoms with Gasteiger partial charge >= 0.3 is 0 Å². The first-order valence-corrected chi connectivity index (χ1v) is 7.70. The molecule has 1 aromatic heterocycles. The maximum absolute atomic E-state index is 12.1. The molecule has 0 saturated carbocycles. The highest BCUT2D eigenvalue weighted by Crippen LogP contribution is 2.30. The number of amides is 1. The standard InChI is InChI=1S/C15H19N3O3S/c1-20-12-5-3-4-10(14(12)21-2)8-17-15(19)11-9-22-13(18-11)6-7-16/h3-5,9H,6-8,16H2,1-2H3,(H,17,19). The number of nitrogens with one attached hydrogen (secondary N) is 1. The Hall–Kier alpha value is -2.12. The van der Waals surface area contributed by atoms with E-state index in [0.717, 1.165) is 10.6 Å². The molecule has 0 fully saturated rings. The number of hydrogen-bond acceptors (Lipinski definition) is 6. The topological polar surface area (TPSA) is 86.5 Å². The number of benzene rings is 1. The van der Waals surface area contributed by atoms with Crippen LogP contribution in [0.2, 0.25) is 0 Å². The Morgan fingerprint density at radius 1 is 1.36 bits per heavy atom. The van der Waals surface area contributed by atoms with Crippen LogP contribution >= 0.6 is 11.3 Å². The van der Waals surface area contributed by atoms with Crippen LogP contribution in [0.25, 0.3) is 0 Å². The zero-order valence-corrected chi connectivity index (χ0v) is 13.4. The minimum absolute atomic E-state index is 0.218. The van der Waals surface area contributed by atoms with Gasteiger partial charge in [-0.15, -0.1) is 11.3 Å². The van der Waals surface area contributed by atoms with Crippen molar-refractivity contribution in [2.75, 3.05) is 20.8 Å². The van der Waals surface area contributed by atoms with Crippen LogP contribution in [0.5, 0.6) is 11.5 Å². The zero-order chi connectivity index (χ0) is 15.9. The Morgan fingerprint density at radius 3 is 2.86 bits per heavy atom. The van der Waals surface area contributed by atoms with E-state index in [1.165, 1.54) is 11.3 Å². The number of carbonyl (C=O) groups excluding carboxylic acids is 1. The average molecular weight is 321 g/mol. The molecule has 0 atom stereocenters. The van der Waals surface area contributed by atoms with Crippen molar-refractivity contribution in [2.24, 2.45) is 5.73 Å². The first-order valence-electron chi connectivity index (χ1n) is 6.82. The minimum atomic E-state index is -0.218. The normalized spacial score (nSPS) is 10.3. The van der Waals surface area contributed by atoms with E-state index >= 15 is 0 Å². The summed E-state index contributed by atoms with van der Waals surface area (Å²) in [6.45, 7) is 0.860. The SMILES string of the molecule is COc1cccc(CNC(=O)c2csc(CCN)n2)c1OC. The number of rotatable bonds is 7. The molecule has 1 heterocycles. The summed E-state index contributed by atoms with van der Waals surface area (Å²) < 4.78 is 10.6. The molecule has 22 heavy (non-hydrogen) atoms. The summed E-state index contributed by atoms with van der Waals surface area (Å²) in [4.78, 5) is 16.4. The molecule has 2 rings (SSSR count). The van der Waals surface area contributed by atoms with Gasteiger partial charge in [0.2, 0.25) is 0 Å². The highest BCUT2D eigenvalue weighted by atomic mass is 32.1. The van der Waals surface area contributed by atoms with E-state index in [0.29, 0.717) is 36.7 Å². The fourth-order valence-electron chi connectivity index (χ4n) is 2.01. The maximum Gasteiger partial charge on any atom is 0.271 e. The second kappa shape index (κ2) is 7.77. The van der Waals surface area contributed by atoms with Gasteiger partial charge in [-0.25, -0.2) is 4.98 Å². The first-order chi connectivity index (χ1) is 10.7. The smallest absolute Gasteiger partial charge is 0.271 e. The third kappa shape index (κ3) is 3.75. The lowest BCUT2D eigenvalue weighted by Crippen LogP contribution is -2.23. The number of aromatic nitrogens is 1. The van der Waals surface area contributed by atoms with Crippen LogP contribution in [0.4, 0.5) is 0 Å².